The van der Waals surface area contributed by atoms with Crippen LogP contribution in [0.1, 0.15) is 12.7 Å². The predicted molar refractivity (Wildman–Crippen MR) is 67.9 cm³/mol. The molecule has 0 N–H and O–H groups in total. The molecule has 0 aliphatic heterocycles. The van der Waals surface area contributed by atoms with Gasteiger partial charge in [-0.2, -0.15) is 0 Å². The summed E-state index contributed by atoms with van der Waals surface area (Å²) in [6.45, 7) is 2.04. The van der Waals surface area contributed by atoms with Crippen molar-refractivity contribution in [2.45, 2.75) is 13.5 Å². The molecule has 0 aliphatic carbocycles. The Bertz CT molecular complexity index is 576. The predicted octanol–water partition coefficient (Wildman–Crippen LogP) is 2.21. The van der Waals surface area contributed by atoms with Gasteiger partial charge in [0.2, 0.25) is 5.91 Å². The normalized spacial score (nSPS) is 10.8. The number of benzene rings is 1. The van der Waals surface area contributed by atoms with Gasteiger partial charge in [-0.3, -0.25) is 4.79 Å². The summed E-state index contributed by atoms with van der Waals surface area (Å²) >= 11 is 5.92. The van der Waals surface area contributed by atoms with E-state index in [1.807, 2.05) is 29.8 Å². The average molecular weight is 252 g/mol. The number of carbonyl (C=O) groups is 1. The van der Waals surface area contributed by atoms with E-state index in [9.17, 15) is 4.79 Å². The molecule has 0 bridgehead atoms. The van der Waals surface area contributed by atoms with Gasteiger partial charge in [0.1, 0.15) is 5.82 Å². The Morgan fingerprint density at radius 1 is 1.53 bits per heavy atom. The highest BCUT2D eigenvalue weighted by molar-refractivity contribution is 6.31. The van der Waals surface area contributed by atoms with E-state index in [4.69, 9.17) is 11.6 Å². The molecule has 1 aromatic heterocycles. The van der Waals surface area contributed by atoms with Crippen LogP contribution >= 0.6 is 11.6 Å². The van der Waals surface area contributed by atoms with Gasteiger partial charge in [-0.25, -0.2) is 4.98 Å². The molecule has 0 saturated heterocycles. The molecular formula is C12H14ClN3O. The van der Waals surface area contributed by atoms with Gasteiger partial charge in [0.15, 0.2) is 0 Å². The van der Waals surface area contributed by atoms with Crippen LogP contribution < -0.4 is 0 Å². The van der Waals surface area contributed by atoms with Crippen LogP contribution in [0.5, 0.6) is 0 Å². The summed E-state index contributed by atoms with van der Waals surface area (Å²) in [7, 11) is 3.70. The van der Waals surface area contributed by atoms with Crippen molar-refractivity contribution < 1.29 is 4.79 Å². The van der Waals surface area contributed by atoms with Crippen molar-refractivity contribution in [1.29, 1.82) is 0 Å². The number of rotatable bonds is 2. The number of aryl methyl sites for hydroxylation is 1. The first-order valence-electron chi connectivity index (χ1n) is 5.31. The van der Waals surface area contributed by atoms with Gasteiger partial charge in [-0.1, -0.05) is 11.6 Å². The summed E-state index contributed by atoms with van der Waals surface area (Å²) in [5.74, 6) is 0.870. The second-order valence-electron chi connectivity index (χ2n) is 4.10. The molecule has 0 atom stereocenters. The molecule has 1 amide bonds. The number of aromatic nitrogens is 2. The number of amides is 1. The molecule has 2 aromatic rings. The third-order valence-electron chi connectivity index (χ3n) is 2.85. The minimum absolute atomic E-state index is 0.0232. The van der Waals surface area contributed by atoms with Gasteiger partial charge in [0.05, 0.1) is 17.6 Å². The summed E-state index contributed by atoms with van der Waals surface area (Å²) in [5.41, 5.74) is 1.87. The minimum Gasteiger partial charge on any atom is -0.339 e. The molecule has 1 aromatic carbocycles. The van der Waals surface area contributed by atoms with Gasteiger partial charge in [0.25, 0.3) is 0 Å². The number of fused-ring (bicyclic) bond motifs is 1. The lowest BCUT2D eigenvalue weighted by Gasteiger charge is -2.13. The maximum Gasteiger partial charge on any atom is 0.219 e. The summed E-state index contributed by atoms with van der Waals surface area (Å²) < 4.78 is 1.98. The molecule has 0 spiro atoms. The smallest absolute Gasteiger partial charge is 0.219 e. The number of hydrogen-bond acceptors (Lipinski definition) is 2. The second kappa shape index (κ2) is 4.37. The maximum atomic E-state index is 11.2. The Labute approximate surface area is 105 Å². The zero-order chi connectivity index (χ0) is 12.6. The maximum absolute atomic E-state index is 11.2. The monoisotopic (exact) mass is 251 g/mol. The molecular weight excluding hydrogens is 238 g/mol. The molecule has 2 rings (SSSR count). The fraction of sp³-hybridized carbons (Fsp3) is 0.333. The quantitative estimate of drug-likeness (QED) is 0.821. The number of carbonyl (C=O) groups excluding carboxylic acids is 1. The standard InChI is InChI=1S/C12H14ClN3O/c1-8(17)15(2)7-12-14-10-6-9(13)4-5-11(10)16(12)3/h4-6H,7H2,1-3H3. The van der Waals surface area contributed by atoms with Gasteiger partial charge < -0.3 is 9.47 Å². The third-order valence-corrected chi connectivity index (χ3v) is 3.09. The van der Waals surface area contributed by atoms with Crippen molar-refractivity contribution in [3.63, 3.8) is 0 Å². The number of halogens is 1. The van der Waals surface area contributed by atoms with Crippen molar-refractivity contribution in [1.82, 2.24) is 14.5 Å². The third kappa shape index (κ3) is 2.26. The first kappa shape index (κ1) is 11.9. The van der Waals surface area contributed by atoms with Gasteiger partial charge >= 0.3 is 0 Å². The highest BCUT2D eigenvalue weighted by atomic mass is 35.5. The summed E-state index contributed by atoms with van der Waals surface area (Å²) in [4.78, 5) is 17.3. The number of imidazole rings is 1. The molecule has 0 aliphatic rings. The van der Waals surface area contributed by atoms with Crippen LogP contribution in [0.4, 0.5) is 0 Å². The van der Waals surface area contributed by atoms with E-state index in [1.54, 1.807) is 18.9 Å². The Balaban J connectivity index is 2.42. The minimum atomic E-state index is 0.0232. The van der Waals surface area contributed by atoms with Crippen molar-refractivity contribution >= 4 is 28.5 Å². The average Bonchev–Trinajstić information content (AvgIpc) is 2.55. The lowest BCUT2D eigenvalue weighted by atomic mass is 10.3. The summed E-state index contributed by atoms with van der Waals surface area (Å²) in [5, 5.41) is 0.669. The molecule has 0 fully saturated rings. The van der Waals surface area contributed by atoms with E-state index in [0.717, 1.165) is 16.9 Å². The highest BCUT2D eigenvalue weighted by Crippen LogP contribution is 2.20. The number of hydrogen-bond donors (Lipinski definition) is 0. The Kier molecular flexibility index (Phi) is 3.07. The fourth-order valence-electron chi connectivity index (χ4n) is 1.69. The molecule has 17 heavy (non-hydrogen) atoms. The Morgan fingerprint density at radius 2 is 2.24 bits per heavy atom. The SMILES string of the molecule is CC(=O)N(C)Cc1nc2cc(Cl)ccc2n1C. The van der Waals surface area contributed by atoms with Gasteiger partial charge in [-0.15, -0.1) is 0 Å². The van der Waals surface area contributed by atoms with E-state index >= 15 is 0 Å². The van der Waals surface area contributed by atoms with Crippen molar-refractivity contribution in [3.8, 4) is 0 Å². The Morgan fingerprint density at radius 3 is 2.88 bits per heavy atom. The van der Waals surface area contributed by atoms with Crippen LogP contribution in [0.2, 0.25) is 5.02 Å². The van der Waals surface area contributed by atoms with Crippen LogP contribution in [0, 0.1) is 0 Å². The first-order valence-corrected chi connectivity index (χ1v) is 5.69. The lowest BCUT2D eigenvalue weighted by Crippen LogP contribution is -2.24. The second-order valence-corrected chi connectivity index (χ2v) is 4.53. The van der Waals surface area contributed by atoms with E-state index < -0.39 is 0 Å². The fourth-order valence-corrected chi connectivity index (χ4v) is 1.85. The van der Waals surface area contributed by atoms with Crippen LogP contribution in [0.25, 0.3) is 11.0 Å². The van der Waals surface area contributed by atoms with E-state index in [2.05, 4.69) is 4.98 Å². The first-order chi connectivity index (χ1) is 7.99. The van der Waals surface area contributed by atoms with Crippen LogP contribution in [0.15, 0.2) is 18.2 Å². The van der Waals surface area contributed by atoms with Crippen LogP contribution in [0.3, 0.4) is 0 Å². The van der Waals surface area contributed by atoms with Crippen LogP contribution in [-0.4, -0.2) is 27.4 Å². The zero-order valence-electron chi connectivity index (χ0n) is 10.1. The van der Waals surface area contributed by atoms with Gasteiger partial charge in [-0.05, 0) is 18.2 Å². The molecule has 90 valence electrons. The summed E-state index contributed by atoms with van der Waals surface area (Å²) in [6, 6.07) is 5.60. The van der Waals surface area contributed by atoms with Crippen molar-refractivity contribution in [3.05, 3.63) is 29.0 Å². The zero-order valence-corrected chi connectivity index (χ0v) is 10.8. The molecule has 1 heterocycles. The largest absolute Gasteiger partial charge is 0.339 e. The number of nitrogens with zero attached hydrogens (tertiary/aromatic N) is 3. The van der Waals surface area contributed by atoms with E-state index in [-0.39, 0.29) is 5.91 Å². The topological polar surface area (TPSA) is 38.1 Å². The lowest BCUT2D eigenvalue weighted by molar-refractivity contribution is -0.128. The molecule has 0 saturated carbocycles. The molecule has 0 unspecified atom stereocenters. The highest BCUT2D eigenvalue weighted by Gasteiger charge is 2.11. The van der Waals surface area contributed by atoms with Crippen LogP contribution in [-0.2, 0) is 18.4 Å². The molecule has 0 radical (unpaired) electrons. The molecule has 5 heteroatoms. The van der Waals surface area contributed by atoms with Crippen molar-refractivity contribution in [2.75, 3.05) is 7.05 Å². The van der Waals surface area contributed by atoms with E-state index in [1.165, 1.54) is 0 Å². The molecule has 4 nitrogen and oxygen atoms in total. The summed E-state index contributed by atoms with van der Waals surface area (Å²) in [6.07, 6.45) is 0. The van der Waals surface area contributed by atoms with Gasteiger partial charge in [0, 0.05) is 26.0 Å². The Hall–Kier alpha value is -1.55. The van der Waals surface area contributed by atoms with E-state index in [0.29, 0.717) is 11.6 Å². The van der Waals surface area contributed by atoms with Crippen molar-refractivity contribution in [2.24, 2.45) is 7.05 Å².